The molecule has 0 fully saturated rings. The lowest BCUT2D eigenvalue weighted by molar-refractivity contribution is -0.149. The van der Waals surface area contributed by atoms with E-state index in [1.54, 1.807) is 24.3 Å². The molecule has 0 aliphatic heterocycles. The van der Waals surface area contributed by atoms with Crippen LogP contribution in [-0.2, 0) is 14.3 Å². The van der Waals surface area contributed by atoms with Crippen LogP contribution in [0.1, 0.15) is 0 Å². The van der Waals surface area contributed by atoms with E-state index in [1.807, 2.05) is 6.07 Å². The fourth-order valence-corrected chi connectivity index (χ4v) is 1.58. The lowest BCUT2D eigenvalue weighted by Crippen LogP contribution is -2.23. The number of carbonyl (C=O) groups is 2. The molecule has 0 aliphatic carbocycles. The minimum absolute atomic E-state index is 0.340. The van der Waals surface area contributed by atoms with Gasteiger partial charge in [-0.1, -0.05) is 18.2 Å². The summed E-state index contributed by atoms with van der Waals surface area (Å²) in [5.41, 5.74) is 0.617. The van der Waals surface area contributed by atoms with Gasteiger partial charge in [-0.25, -0.2) is 9.18 Å². The molecule has 0 radical (unpaired) electrons. The predicted molar refractivity (Wildman–Crippen MR) is 77.9 cm³/mol. The van der Waals surface area contributed by atoms with Gasteiger partial charge in [-0.15, -0.1) is 0 Å². The van der Waals surface area contributed by atoms with Crippen molar-refractivity contribution in [1.29, 1.82) is 0 Å². The normalized spacial score (nSPS) is 9.86. The van der Waals surface area contributed by atoms with E-state index in [2.05, 4.69) is 5.32 Å². The zero-order valence-electron chi connectivity index (χ0n) is 11.6. The van der Waals surface area contributed by atoms with E-state index < -0.39 is 24.3 Å². The number of hydrogen-bond donors (Lipinski definition) is 1. The Bertz CT molecular complexity index is 628. The van der Waals surface area contributed by atoms with E-state index >= 15 is 0 Å². The van der Waals surface area contributed by atoms with Crippen molar-refractivity contribution in [2.75, 3.05) is 18.5 Å². The largest absolute Gasteiger partial charge is 0.482 e. The van der Waals surface area contributed by atoms with Crippen LogP contribution in [0.3, 0.4) is 0 Å². The third kappa shape index (κ3) is 5.24. The molecule has 1 amide bonds. The van der Waals surface area contributed by atoms with Crippen LogP contribution < -0.4 is 10.1 Å². The Labute approximate surface area is 126 Å². The Balaban J connectivity index is 1.69. The Morgan fingerprint density at radius 1 is 0.955 bits per heavy atom. The number of anilines is 1. The number of halogens is 1. The van der Waals surface area contributed by atoms with Crippen molar-refractivity contribution in [3.8, 4) is 5.75 Å². The van der Waals surface area contributed by atoms with E-state index in [1.165, 1.54) is 24.3 Å². The smallest absolute Gasteiger partial charge is 0.344 e. The molecule has 0 bridgehead atoms. The summed E-state index contributed by atoms with van der Waals surface area (Å²) in [6.07, 6.45) is 0. The van der Waals surface area contributed by atoms with Crippen molar-refractivity contribution in [3.63, 3.8) is 0 Å². The Hall–Kier alpha value is -2.89. The Morgan fingerprint density at radius 3 is 2.32 bits per heavy atom. The number of hydrogen-bond acceptors (Lipinski definition) is 4. The molecular formula is C16H14FNO4. The number of rotatable bonds is 6. The Morgan fingerprint density at radius 2 is 1.64 bits per heavy atom. The number of para-hydroxylation sites is 1. The number of nitrogens with one attached hydrogen (secondary N) is 1. The van der Waals surface area contributed by atoms with E-state index in [0.717, 1.165) is 0 Å². The standard InChI is InChI=1S/C16H14FNO4/c17-12-6-8-14(9-7-12)21-11-16(20)22-10-15(19)18-13-4-2-1-3-5-13/h1-9H,10-11H2,(H,18,19). The molecule has 6 heteroatoms. The number of amides is 1. The second-order valence-electron chi connectivity index (χ2n) is 4.32. The first-order chi connectivity index (χ1) is 10.6. The summed E-state index contributed by atoms with van der Waals surface area (Å²) in [6, 6.07) is 14.0. The number of esters is 1. The molecule has 5 nitrogen and oxygen atoms in total. The maximum Gasteiger partial charge on any atom is 0.344 e. The molecule has 0 aromatic heterocycles. The van der Waals surface area contributed by atoms with Gasteiger partial charge in [-0.2, -0.15) is 0 Å². The highest BCUT2D eigenvalue weighted by Gasteiger charge is 2.08. The number of carbonyl (C=O) groups excluding carboxylic acids is 2. The predicted octanol–water partition coefficient (Wildman–Crippen LogP) is 2.39. The van der Waals surface area contributed by atoms with E-state index in [9.17, 15) is 14.0 Å². The van der Waals surface area contributed by atoms with E-state index in [-0.39, 0.29) is 6.61 Å². The average Bonchev–Trinajstić information content (AvgIpc) is 2.53. The molecule has 0 heterocycles. The molecule has 0 saturated heterocycles. The highest BCUT2D eigenvalue weighted by atomic mass is 19.1. The van der Waals surface area contributed by atoms with Crippen LogP contribution in [0.2, 0.25) is 0 Å². The molecule has 2 rings (SSSR count). The summed E-state index contributed by atoms with van der Waals surface area (Å²) in [5.74, 6) is -1.19. The number of ether oxygens (including phenoxy) is 2. The quantitative estimate of drug-likeness (QED) is 0.832. The summed E-state index contributed by atoms with van der Waals surface area (Å²) in [7, 11) is 0. The third-order valence-electron chi connectivity index (χ3n) is 2.59. The van der Waals surface area contributed by atoms with Crippen molar-refractivity contribution >= 4 is 17.6 Å². The lowest BCUT2D eigenvalue weighted by atomic mass is 10.3. The summed E-state index contributed by atoms with van der Waals surface area (Å²) in [6.45, 7) is -0.759. The summed E-state index contributed by atoms with van der Waals surface area (Å²) in [4.78, 5) is 23.0. The van der Waals surface area contributed by atoms with Gasteiger partial charge < -0.3 is 14.8 Å². The van der Waals surface area contributed by atoms with Gasteiger partial charge in [0.1, 0.15) is 11.6 Å². The van der Waals surface area contributed by atoms with Gasteiger partial charge in [-0.3, -0.25) is 4.79 Å². The molecule has 2 aromatic rings. The van der Waals surface area contributed by atoms with Gasteiger partial charge in [0.05, 0.1) is 0 Å². The van der Waals surface area contributed by atoms with Crippen molar-refractivity contribution in [2.24, 2.45) is 0 Å². The van der Waals surface area contributed by atoms with Crippen LogP contribution in [0.25, 0.3) is 0 Å². The number of benzene rings is 2. The van der Waals surface area contributed by atoms with Crippen LogP contribution in [0, 0.1) is 5.82 Å². The monoisotopic (exact) mass is 303 g/mol. The maximum atomic E-state index is 12.7. The molecule has 0 saturated carbocycles. The highest BCUT2D eigenvalue weighted by Crippen LogP contribution is 2.10. The summed E-state index contributed by atoms with van der Waals surface area (Å²) < 4.78 is 22.6. The minimum Gasteiger partial charge on any atom is -0.482 e. The molecule has 22 heavy (non-hydrogen) atoms. The SMILES string of the molecule is O=C(COC(=O)COc1ccc(F)cc1)Nc1ccccc1. The molecule has 0 aliphatic rings. The van der Waals surface area contributed by atoms with Crippen LogP contribution in [0.15, 0.2) is 54.6 Å². The molecule has 0 spiro atoms. The minimum atomic E-state index is -0.687. The van der Waals surface area contributed by atoms with Crippen LogP contribution >= 0.6 is 0 Å². The molecule has 0 unspecified atom stereocenters. The van der Waals surface area contributed by atoms with Crippen molar-refractivity contribution in [1.82, 2.24) is 0 Å². The van der Waals surface area contributed by atoms with Gasteiger partial charge in [-0.05, 0) is 36.4 Å². The van der Waals surface area contributed by atoms with Crippen LogP contribution in [0.4, 0.5) is 10.1 Å². The first-order valence-electron chi connectivity index (χ1n) is 6.52. The van der Waals surface area contributed by atoms with E-state index in [0.29, 0.717) is 11.4 Å². The third-order valence-corrected chi connectivity index (χ3v) is 2.59. The maximum absolute atomic E-state index is 12.7. The van der Waals surface area contributed by atoms with Crippen molar-refractivity contribution in [3.05, 3.63) is 60.4 Å². The van der Waals surface area contributed by atoms with Gasteiger partial charge in [0, 0.05) is 5.69 Å². The second-order valence-corrected chi connectivity index (χ2v) is 4.32. The topological polar surface area (TPSA) is 64.6 Å². The van der Waals surface area contributed by atoms with Crippen LogP contribution in [-0.4, -0.2) is 25.1 Å². The molecule has 0 atom stereocenters. The zero-order valence-corrected chi connectivity index (χ0v) is 11.6. The fraction of sp³-hybridized carbons (Fsp3) is 0.125. The zero-order chi connectivity index (χ0) is 15.8. The van der Waals surface area contributed by atoms with Gasteiger partial charge in [0.2, 0.25) is 0 Å². The first-order valence-corrected chi connectivity index (χ1v) is 6.52. The van der Waals surface area contributed by atoms with Gasteiger partial charge >= 0.3 is 5.97 Å². The van der Waals surface area contributed by atoms with Crippen molar-refractivity contribution < 1.29 is 23.5 Å². The van der Waals surface area contributed by atoms with Crippen molar-refractivity contribution in [2.45, 2.75) is 0 Å². The molecule has 2 aromatic carbocycles. The first kappa shape index (κ1) is 15.5. The molecule has 1 N–H and O–H groups in total. The lowest BCUT2D eigenvalue weighted by Gasteiger charge is -2.07. The van der Waals surface area contributed by atoms with Gasteiger partial charge in [0.25, 0.3) is 5.91 Å². The highest BCUT2D eigenvalue weighted by molar-refractivity contribution is 5.92. The average molecular weight is 303 g/mol. The summed E-state index contributed by atoms with van der Waals surface area (Å²) in [5, 5.41) is 2.58. The molecular weight excluding hydrogens is 289 g/mol. The second kappa shape index (κ2) is 7.78. The fourth-order valence-electron chi connectivity index (χ4n) is 1.58. The summed E-state index contributed by atoms with van der Waals surface area (Å²) >= 11 is 0. The van der Waals surface area contributed by atoms with Gasteiger partial charge in [0.15, 0.2) is 13.2 Å². The van der Waals surface area contributed by atoms with Crippen LogP contribution in [0.5, 0.6) is 5.75 Å². The van der Waals surface area contributed by atoms with E-state index in [4.69, 9.17) is 9.47 Å². The molecule has 114 valence electrons. The Kier molecular flexibility index (Phi) is 5.48.